The van der Waals surface area contributed by atoms with Gasteiger partial charge in [0.05, 0.1) is 42.5 Å². The summed E-state index contributed by atoms with van der Waals surface area (Å²) in [6, 6.07) is 17.0. The minimum atomic E-state index is -0.992. The lowest BCUT2D eigenvalue weighted by molar-refractivity contribution is -0.132. The summed E-state index contributed by atoms with van der Waals surface area (Å²) in [7, 11) is 3.02. The van der Waals surface area contributed by atoms with Crippen molar-refractivity contribution < 1.29 is 33.7 Å². The number of hydrogen-bond donors (Lipinski definition) is 1. The van der Waals surface area contributed by atoms with Gasteiger partial charge in [-0.3, -0.25) is 14.5 Å². The molecule has 1 aliphatic heterocycles. The minimum Gasteiger partial charge on any atom is -0.507 e. The summed E-state index contributed by atoms with van der Waals surface area (Å²) in [6.07, 6.45) is 0. The van der Waals surface area contributed by atoms with Gasteiger partial charge in [0, 0.05) is 11.3 Å². The predicted molar refractivity (Wildman–Crippen MR) is 141 cm³/mol. The van der Waals surface area contributed by atoms with Crippen LogP contribution in [0.15, 0.2) is 76.8 Å². The molecule has 1 amide bonds. The highest BCUT2D eigenvalue weighted by Gasteiger charge is 2.47. The van der Waals surface area contributed by atoms with E-state index in [1.54, 1.807) is 67.6 Å². The van der Waals surface area contributed by atoms with Gasteiger partial charge in [0.1, 0.15) is 17.3 Å². The molecule has 1 heterocycles. The van der Waals surface area contributed by atoms with Crippen LogP contribution in [0.1, 0.15) is 34.5 Å². The second-order valence-corrected chi connectivity index (χ2v) is 8.92. The third-order valence-electron chi connectivity index (χ3n) is 5.91. The molecule has 0 spiro atoms. The normalized spacial score (nSPS) is 16.5. The molecule has 3 aromatic rings. The van der Waals surface area contributed by atoms with Crippen LogP contribution < -0.4 is 14.4 Å². The standard InChI is InChI=1S/C28H24BrNO7/c1-4-37-28(34)18-8-5-9-19(13-18)30-24(16-7-6-10-20(14-16)35-2)23(26(32)27(30)33)25(31)17-11-12-22(36-3)21(29)15-17/h5-15,24,31H,4H2,1-3H3/b25-23+. The van der Waals surface area contributed by atoms with E-state index in [9.17, 15) is 19.5 Å². The van der Waals surface area contributed by atoms with Gasteiger partial charge in [-0.25, -0.2) is 4.79 Å². The molecule has 0 aromatic heterocycles. The average molecular weight is 566 g/mol. The van der Waals surface area contributed by atoms with Crippen LogP contribution >= 0.6 is 15.9 Å². The van der Waals surface area contributed by atoms with Gasteiger partial charge >= 0.3 is 5.97 Å². The third-order valence-corrected chi connectivity index (χ3v) is 6.53. The number of amides is 1. The third kappa shape index (κ3) is 4.95. The Hall–Kier alpha value is -4.11. The number of aliphatic hydroxyl groups excluding tert-OH is 1. The Kier molecular flexibility index (Phi) is 7.63. The molecule has 1 N–H and O–H groups in total. The average Bonchev–Trinajstić information content (AvgIpc) is 3.18. The molecular formula is C28H24BrNO7. The van der Waals surface area contributed by atoms with E-state index in [2.05, 4.69) is 15.9 Å². The van der Waals surface area contributed by atoms with Crippen LogP contribution in [0.3, 0.4) is 0 Å². The van der Waals surface area contributed by atoms with E-state index in [0.29, 0.717) is 32.8 Å². The van der Waals surface area contributed by atoms with Crippen molar-refractivity contribution in [1.82, 2.24) is 0 Å². The zero-order valence-corrected chi connectivity index (χ0v) is 21.9. The maximum atomic E-state index is 13.4. The number of halogens is 1. The zero-order valence-electron chi connectivity index (χ0n) is 20.4. The molecule has 1 saturated heterocycles. The Morgan fingerprint density at radius 2 is 1.73 bits per heavy atom. The number of rotatable bonds is 7. The Balaban J connectivity index is 1.93. The fourth-order valence-corrected chi connectivity index (χ4v) is 4.73. The first-order valence-corrected chi connectivity index (χ1v) is 12.2. The SMILES string of the molecule is CCOC(=O)c1cccc(N2C(=O)C(=O)/C(=C(/O)c3ccc(OC)c(Br)c3)C2c2cccc(OC)c2)c1. The molecule has 8 nitrogen and oxygen atoms in total. The summed E-state index contributed by atoms with van der Waals surface area (Å²) in [6.45, 7) is 1.88. The van der Waals surface area contributed by atoms with E-state index in [1.807, 2.05) is 0 Å². The van der Waals surface area contributed by atoms with Crippen LogP contribution in [0.2, 0.25) is 0 Å². The van der Waals surface area contributed by atoms with E-state index in [-0.39, 0.29) is 23.5 Å². The maximum absolute atomic E-state index is 13.4. The first-order chi connectivity index (χ1) is 17.8. The number of aliphatic hydroxyl groups is 1. The molecule has 4 rings (SSSR count). The van der Waals surface area contributed by atoms with Crippen molar-refractivity contribution in [3.63, 3.8) is 0 Å². The van der Waals surface area contributed by atoms with Crippen LogP contribution in [0.25, 0.3) is 5.76 Å². The van der Waals surface area contributed by atoms with Gasteiger partial charge in [0.2, 0.25) is 0 Å². The van der Waals surface area contributed by atoms with Crippen LogP contribution in [-0.4, -0.2) is 43.6 Å². The van der Waals surface area contributed by atoms with Gasteiger partial charge in [-0.05, 0) is 76.9 Å². The molecule has 9 heteroatoms. The van der Waals surface area contributed by atoms with E-state index < -0.39 is 23.7 Å². The Morgan fingerprint density at radius 3 is 2.41 bits per heavy atom. The summed E-state index contributed by atoms with van der Waals surface area (Å²) >= 11 is 3.39. The number of carbonyl (C=O) groups is 3. The molecule has 3 aromatic carbocycles. The number of esters is 1. The molecule has 0 bridgehead atoms. The Labute approximate surface area is 222 Å². The summed E-state index contributed by atoms with van der Waals surface area (Å²) in [5, 5.41) is 11.3. The molecule has 1 unspecified atom stereocenters. The first-order valence-electron chi connectivity index (χ1n) is 11.4. The first kappa shape index (κ1) is 26.0. The van der Waals surface area contributed by atoms with Crippen LogP contribution in [0, 0.1) is 0 Å². The van der Waals surface area contributed by atoms with Crippen molar-refractivity contribution in [3.05, 3.63) is 93.5 Å². The fraction of sp³-hybridized carbons (Fsp3) is 0.179. The lowest BCUT2D eigenvalue weighted by Crippen LogP contribution is -2.29. The van der Waals surface area contributed by atoms with Crippen molar-refractivity contribution in [1.29, 1.82) is 0 Å². The lowest BCUT2D eigenvalue weighted by atomic mass is 9.95. The highest BCUT2D eigenvalue weighted by atomic mass is 79.9. The van der Waals surface area contributed by atoms with E-state index in [1.165, 1.54) is 25.2 Å². The molecule has 0 radical (unpaired) electrons. The van der Waals surface area contributed by atoms with Gasteiger partial charge in [0.15, 0.2) is 0 Å². The topological polar surface area (TPSA) is 102 Å². The molecule has 0 saturated carbocycles. The zero-order chi connectivity index (χ0) is 26.7. The largest absolute Gasteiger partial charge is 0.507 e. The van der Waals surface area contributed by atoms with Gasteiger partial charge in [-0.2, -0.15) is 0 Å². The summed E-state index contributed by atoms with van der Waals surface area (Å²) in [4.78, 5) is 40.5. The molecule has 37 heavy (non-hydrogen) atoms. The highest BCUT2D eigenvalue weighted by molar-refractivity contribution is 9.10. The Bertz CT molecular complexity index is 1420. The number of ether oxygens (including phenoxy) is 3. The number of anilines is 1. The summed E-state index contributed by atoms with van der Waals surface area (Å²) in [5.41, 5.74) is 1.28. The van der Waals surface area contributed by atoms with E-state index in [0.717, 1.165) is 0 Å². The summed E-state index contributed by atoms with van der Waals surface area (Å²) in [5.74, 6) is -1.56. The number of methoxy groups -OCH3 is 2. The quantitative estimate of drug-likeness (QED) is 0.180. The highest BCUT2D eigenvalue weighted by Crippen LogP contribution is 2.43. The minimum absolute atomic E-state index is 0.100. The van der Waals surface area contributed by atoms with Crippen LogP contribution in [0.5, 0.6) is 11.5 Å². The Morgan fingerprint density at radius 1 is 0.973 bits per heavy atom. The molecule has 1 aliphatic rings. The van der Waals surface area contributed by atoms with Gasteiger partial charge in [-0.1, -0.05) is 18.2 Å². The lowest BCUT2D eigenvalue weighted by Gasteiger charge is -2.26. The monoisotopic (exact) mass is 565 g/mol. The maximum Gasteiger partial charge on any atom is 0.338 e. The van der Waals surface area contributed by atoms with E-state index >= 15 is 0 Å². The molecule has 0 aliphatic carbocycles. The van der Waals surface area contributed by atoms with Crippen molar-refractivity contribution in [3.8, 4) is 11.5 Å². The van der Waals surface area contributed by atoms with Crippen LogP contribution in [-0.2, 0) is 14.3 Å². The number of hydrogen-bond acceptors (Lipinski definition) is 7. The van der Waals surface area contributed by atoms with Crippen molar-refractivity contribution in [2.45, 2.75) is 13.0 Å². The molecular weight excluding hydrogens is 542 g/mol. The number of carbonyl (C=O) groups excluding carboxylic acids is 3. The summed E-state index contributed by atoms with van der Waals surface area (Å²) < 4.78 is 16.3. The molecule has 190 valence electrons. The second kappa shape index (κ2) is 10.9. The predicted octanol–water partition coefficient (Wildman–Crippen LogP) is 5.27. The molecule has 1 atom stereocenters. The second-order valence-electron chi connectivity index (χ2n) is 8.07. The van der Waals surface area contributed by atoms with Crippen molar-refractivity contribution in [2.75, 3.05) is 25.7 Å². The van der Waals surface area contributed by atoms with Crippen molar-refractivity contribution in [2.24, 2.45) is 0 Å². The number of benzene rings is 3. The van der Waals surface area contributed by atoms with Crippen LogP contribution in [0.4, 0.5) is 5.69 Å². The van der Waals surface area contributed by atoms with Crippen molar-refractivity contribution >= 4 is 45.0 Å². The molecule has 1 fully saturated rings. The number of nitrogens with zero attached hydrogens (tertiary/aromatic N) is 1. The van der Waals surface area contributed by atoms with E-state index in [4.69, 9.17) is 14.2 Å². The van der Waals surface area contributed by atoms with Gasteiger partial charge in [-0.15, -0.1) is 0 Å². The number of Topliss-reactive ketones (excluding diaryl/α,β-unsaturated/α-hetero) is 1. The number of ketones is 1. The van der Waals surface area contributed by atoms with Gasteiger partial charge < -0.3 is 19.3 Å². The van der Waals surface area contributed by atoms with Gasteiger partial charge in [0.25, 0.3) is 11.7 Å². The smallest absolute Gasteiger partial charge is 0.338 e. The fourth-order valence-electron chi connectivity index (χ4n) is 4.19.